The Labute approximate surface area is 130 Å². The quantitative estimate of drug-likeness (QED) is 0.909. The van der Waals surface area contributed by atoms with Crippen molar-refractivity contribution >= 4 is 11.6 Å². The molecule has 0 saturated heterocycles. The summed E-state index contributed by atoms with van der Waals surface area (Å²) in [6, 6.07) is 5.90. The van der Waals surface area contributed by atoms with Crippen molar-refractivity contribution < 1.29 is 9.32 Å². The molecule has 1 aliphatic carbocycles. The van der Waals surface area contributed by atoms with Crippen LogP contribution >= 0.6 is 0 Å². The lowest BCUT2D eigenvalue weighted by atomic mass is 9.76. The van der Waals surface area contributed by atoms with E-state index in [4.69, 9.17) is 4.52 Å². The van der Waals surface area contributed by atoms with Crippen LogP contribution in [0.4, 0.5) is 5.69 Å². The van der Waals surface area contributed by atoms with Crippen LogP contribution in [0, 0.1) is 19.3 Å². The van der Waals surface area contributed by atoms with Gasteiger partial charge in [-0.05, 0) is 55.4 Å². The van der Waals surface area contributed by atoms with E-state index in [0.717, 1.165) is 41.8 Å². The van der Waals surface area contributed by atoms with Gasteiger partial charge in [0.15, 0.2) is 5.69 Å². The van der Waals surface area contributed by atoms with Gasteiger partial charge in [-0.15, -0.1) is 0 Å². The monoisotopic (exact) mass is 298 g/mol. The third-order valence-electron chi connectivity index (χ3n) is 4.53. The van der Waals surface area contributed by atoms with Crippen LogP contribution in [-0.2, 0) is 12.8 Å². The number of nitrogens with one attached hydrogen (secondary N) is 1. The van der Waals surface area contributed by atoms with Gasteiger partial charge in [-0.1, -0.05) is 25.1 Å². The number of hydrogen-bond acceptors (Lipinski definition) is 3. The van der Waals surface area contributed by atoms with Gasteiger partial charge in [-0.25, -0.2) is 0 Å². The molecular weight excluding hydrogens is 276 g/mol. The molecule has 1 heterocycles. The molecule has 0 spiro atoms. The molecule has 0 bridgehead atoms. The van der Waals surface area contributed by atoms with Crippen molar-refractivity contribution in [1.82, 2.24) is 5.16 Å². The first kappa shape index (κ1) is 14.8. The Morgan fingerprint density at radius 2 is 2.05 bits per heavy atom. The number of hydrogen-bond donors (Lipinski definition) is 1. The summed E-state index contributed by atoms with van der Waals surface area (Å²) in [5, 5.41) is 6.94. The van der Waals surface area contributed by atoms with E-state index >= 15 is 0 Å². The van der Waals surface area contributed by atoms with Crippen LogP contribution in [0.2, 0.25) is 0 Å². The Morgan fingerprint density at radius 3 is 2.77 bits per heavy atom. The van der Waals surface area contributed by atoms with E-state index in [2.05, 4.69) is 31.2 Å². The van der Waals surface area contributed by atoms with Crippen LogP contribution < -0.4 is 5.32 Å². The van der Waals surface area contributed by atoms with Crippen LogP contribution in [0.5, 0.6) is 0 Å². The SMILES string of the molecule is Cc1ccc(NC(=O)c2noc3c2CC(C)(C)CC3)cc1C. The summed E-state index contributed by atoms with van der Waals surface area (Å²) in [6.45, 7) is 8.52. The molecule has 116 valence electrons. The van der Waals surface area contributed by atoms with Crippen molar-refractivity contribution in [1.29, 1.82) is 0 Å². The Kier molecular flexibility index (Phi) is 3.55. The number of nitrogens with zero attached hydrogens (tertiary/aromatic N) is 1. The summed E-state index contributed by atoms with van der Waals surface area (Å²) >= 11 is 0. The minimum absolute atomic E-state index is 0.189. The third kappa shape index (κ3) is 2.78. The third-order valence-corrected chi connectivity index (χ3v) is 4.53. The molecule has 1 amide bonds. The number of amides is 1. The average Bonchev–Trinajstić information content (AvgIpc) is 2.84. The molecule has 2 aromatic rings. The van der Waals surface area contributed by atoms with Crippen molar-refractivity contribution in [2.45, 2.75) is 47.0 Å². The predicted molar refractivity (Wildman–Crippen MR) is 86.2 cm³/mol. The van der Waals surface area contributed by atoms with Gasteiger partial charge >= 0.3 is 0 Å². The van der Waals surface area contributed by atoms with Crippen LogP contribution in [0.25, 0.3) is 0 Å². The van der Waals surface area contributed by atoms with Crippen molar-refractivity contribution in [3.8, 4) is 0 Å². The minimum Gasteiger partial charge on any atom is -0.360 e. The normalized spacial score (nSPS) is 16.2. The first-order valence-electron chi connectivity index (χ1n) is 7.72. The zero-order valence-corrected chi connectivity index (χ0v) is 13.6. The molecule has 1 aliphatic rings. The van der Waals surface area contributed by atoms with E-state index < -0.39 is 0 Å². The molecule has 0 atom stereocenters. The molecule has 22 heavy (non-hydrogen) atoms. The highest BCUT2D eigenvalue weighted by molar-refractivity contribution is 6.04. The maximum atomic E-state index is 12.5. The fraction of sp³-hybridized carbons (Fsp3) is 0.444. The molecule has 1 aromatic heterocycles. The largest absolute Gasteiger partial charge is 0.360 e. The summed E-state index contributed by atoms with van der Waals surface area (Å²) in [6.07, 6.45) is 2.75. The van der Waals surface area contributed by atoms with Gasteiger partial charge in [0.1, 0.15) is 5.76 Å². The minimum atomic E-state index is -0.189. The second kappa shape index (κ2) is 5.27. The molecule has 0 saturated carbocycles. The van der Waals surface area contributed by atoms with Gasteiger partial charge in [0.25, 0.3) is 5.91 Å². The fourth-order valence-corrected chi connectivity index (χ4v) is 2.93. The Morgan fingerprint density at radius 1 is 1.27 bits per heavy atom. The zero-order chi connectivity index (χ0) is 15.9. The van der Waals surface area contributed by atoms with E-state index in [1.165, 1.54) is 5.56 Å². The second-order valence-electron chi connectivity index (χ2n) is 7.03. The van der Waals surface area contributed by atoms with Crippen LogP contribution in [0.15, 0.2) is 22.7 Å². The van der Waals surface area contributed by atoms with Gasteiger partial charge in [-0.2, -0.15) is 0 Å². The van der Waals surface area contributed by atoms with Crippen molar-refractivity contribution in [2.24, 2.45) is 5.41 Å². The van der Waals surface area contributed by atoms with Gasteiger partial charge in [0, 0.05) is 17.7 Å². The molecule has 0 fully saturated rings. The van der Waals surface area contributed by atoms with Gasteiger partial charge in [0.05, 0.1) is 0 Å². The number of aryl methyl sites for hydroxylation is 3. The summed E-state index contributed by atoms with van der Waals surface area (Å²) in [4.78, 5) is 12.5. The van der Waals surface area contributed by atoms with E-state index in [0.29, 0.717) is 5.69 Å². The number of carbonyl (C=O) groups is 1. The average molecular weight is 298 g/mol. The van der Waals surface area contributed by atoms with E-state index in [-0.39, 0.29) is 11.3 Å². The maximum absolute atomic E-state index is 12.5. The molecule has 0 unspecified atom stereocenters. The number of aromatic nitrogens is 1. The topological polar surface area (TPSA) is 55.1 Å². The number of anilines is 1. The molecule has 4 nitrogen and oxygen atoms in total. The van der Waals surface area contributed by atoms with E-state index in [1.807, 2.05) is 25.1 Å². The smallest absolute Gasteiger partial charge is 0.278 e. The van der Waals surface area contributed by atoms with Crippen molar-refractivity contribution in [3.05, 3.63) is 46.3 Å². The zero-order valence-electron chi connectivity index (χ0n) is 13.6. The van der Waals surface area contributed by atoms with Gasteiger partial charge < -0.3 is 9.84 Å². The fourth-order valence-electron chi connectivity index (χ4n) is 2.93. The molecule has 4 heteroatoms. The van der Waals surface area contributed by atoms with E-state index in [9.17, 15) is 4.79 Å². The summed E-state index contributed by atoms with van der Waals surface area (Å²) in [5.74, 6) is 0.676. The van der Waals surface area contributed by atoms with Crippen LogP contribution in [0.3, 0.4) is 0 Å². The Bertz CT molecular complexity index is 729. The van der Waals surface area contributed by atoms with Crippen LogP contribution in [0.1, 0.15) is 53.2 Å². The van der Waals surface area contributed by atoms with Gasteiger partial charge in [0.2, 0.25) is 0 Å². The molecule has 0 aliphatic heterocycles. The highest BCUT2D eigenvalue weighted by Crippen LogP contribution is 2.36. The van der Waals surface area contributed by atoms with Crippen molar-refractivity contribution in [3.63, 3.8) is 0 Å². The standard InChI is InChI=1S/C18H22N2O2/c1-11-5-6-13(9-12(11)2)19-17(21)16-14-10-18(3,4)8-7-15(14)22-20-16/h5-6,9H,7-8,10H2,1-4H3,(H,19,21). The van der Waals surface area contributed by atoms with Gasteiger partial charge in [-0.3, -0.25) is 4.79 Å². The summed E-state index contributed by atoms with van der Waals surface area (Å²) in [7, 11) is 0. The maximum Gasteiger partial charge on any atom is 0.278 e. The molecule has 0 radical (unpaired) electrons. The highest BCUT2D eigenvalue weighted by Gasteiger charge is 2.32. The molecule has 1 N–H and O–H groups in total. The number of fused-ring (bicyclic) bond motifs is 1. The molecule has 1 aromatic carbocycles. The lowest BCUT2D eigenvalue weighted by Gasteiger charge is -2.28. The molecule has 3 rings (SSSR count). The van der Waals surface area contributed by atoms with Crippen LogP contribution in [-0.4, -0.2) is 11.1 Å². The first-order valence-corrected chi connectivity index (χ1v) is 7.72. The summed E-state index contributed by atoms with van der Waals surface area (Å²) < 4.78 is 5.37. The number of benzene rings is 1. The highest BCUT2D eigenvalue weighted by atomic mass is 16.5. The lowest BCUT2D eigenvalue weighted by Crippen LogP contribution is -2.24. The molecular formula is C18H22N2O2. The van der Waals surface area contributed by atoms with E-state index in [1.54, 1.807) is 0 Å². The number of carbonyl (C=O) groups excluding carboxylic acids is 1. The lowest BCUT2D eigenvalue weighted by molar-refractivity contribution is 0.101. The van der Waals surface area contributed by atoms with Crippen molar-refractivity contribution in [2.75, 3.05) is 5.32 Å². The Hall–Kier alpha value is -2.10. The Balaban J connectivity index is 1.84. The first-order chi connectivity index (χ1) is 10.4. The second-order valence-corrected chi connectivity index (χ2v) is 7.03. The number of rotatable bonds is 2. The predicted octanol–water partition coefficient (Wildman–Crippen LogP) is 4.06. The summed E-state index contributed by atoms with van der Waals surface area (Å²) in [5.41, 5.74) is 4.74.